The normalized spacial score (nSPS) is 13.7. The molecule has 5 heteroatoms. The van der Waals surface area contributed by atoms with Gasteiger partial charge in [-0.3, -0.25) is 4.79 Å². The zero-order chi connectivity index (χ0) is 15.4. The topological polar surface area (TPSA) is 55.1 Å². The number of halogens is 1. The van der Waals surface area contributed by atoms with Crippen molar-refractivity contribution in [3.63, 3.8) is 0 Å². The van der Waals surface area contributed by atoms with Crippen LogP contribution in [0.5, 0.6) is 0 Å². The molecule has 3 rings (SSSR count). The molecule has 0 unspecified atom stereocenters. The Balaban J connectivity index is 1.49. The maximum Gasteiger partial charge on any atom is 0.273 e. The van der Waals surface area contributed by atoms with E-state index in [2.05, 4.69) is 38.5 Å². The summed E-state index contributed by atoms with van der Waals surface area (Å²) in [6.07, 6.45) is 5.88. The van der Waals surface area contributed by atoms with Gasteiger partial charge in [-0.2, -0.15) is 0 Å². The van der Waals surface area contributed by atoms with Gasteiger partial charge in [-0.1, -0.05) is 33.2 Å². The van der Waals surface area contributed by atoms with Crippen LogP contribution in [0, 0.1) is 0 Å². The minimum atomic E-state index is -0.110. The van der Waals surface area contributed by atoms with Gasteiger partial charge in [0.1, 0.15) is 5.76 Å². The van der Waals surface area contributed by atoms with Crippen LogP contribution < -0.4 is 5.32 Å². The van der Waals surface area contributed by atoms with Crippen LogP contribution >= 0.6 is 15.9 Å². The van der Waals surface area contributed by atoms with Crippen molar-refractivity contribution in [3.8, 4) is 0 Å². The van der Waals surface area contributed by atoms with E-state index in [1.165, 1.54) is 5.56 Å². The van der Waals surface area contributed by atoms with E-state index in [0.29, 0.717) is 12.2 Å². The van der Waals surface area contributed by atoms with Crippen molar-refractivity contribution in [2.24, 2.45) is 0 Å². The molecule has 22 heavy (non-hydrogen) atoms. The van der Waals surface area contributed by atoms with E-state index >= 15 is 0 Å². The number of carbonyl (C=O) groups excluding carboxylic acids is 1. The van der Waals surface area contributed by atoms with E-state index in [1.807, 2.05) is 12.1 Å². The van der Waals surface area contributed by atoms with Gasteiger partial charge in [-0.05, 0) is 49.8 Å². The first-order chi connectivity index (χ1) is 10.7. The maximum atomic E-state index is 12.2. The van der Waals surface area contributed by atoms with Gasteiger partial charge in [0.25, 0.3) is 5.91 Å². The molecule has 1 aromatic heterocycles. The Bertz CT molecular complexity index is 666. The van der Waals surface area contributed by atoms with Crippen molar-refractivity contribution in [3.05, 3.63) is 51.3 Å². The average molecular weight is 363 g/mol. The number of nitrogens with zero attached hydrogens (tertiary/aromatic N) is 1. The summed E-state index contributed by atoms with van der Waals surface area (Å²) in [7, 11) is 0. The first-order valence-corrected chi connectivity index (χ1v) is 8.53. The second-order valence-corrected chi connectivity index (χ2v) is 6.55. The van der Waals surface area contributed by atoms with Crippen molar-refractivity contribution < 1.29 is 9.32 Å². The lowest BCUT2D eigenvalue weighted by molar-refractivity contribution is 0.0943. The van der Waals surface area contributed by atoms with Crippen LogP contribution in [-0.4, -0.2) is 17.6 Å². The molecule has 0 radical (unpaired) electrons. The minimum Gasteiger partial charge on any atom is -0.360 e. The second-order valence-electron chi connectivity index (χ2n) is 5.63. The first-order valence-electron chi connectivity index (χ1n) is 7.74. The van der Waals surface area contributed by atoms with Crippen LogP contribution in [0.4, 0.5) is 0 Å². The SMILES string of the molecule is O=C(NCCCc1cccc(Br)c1)c1noc2c1CCCC2. The van der Waals surface area contributed by atoms with E-state index < -0.39 is 0 Å². The summed E-state index contributed by atoms with van der Waals surface area (Å²) in [4.78, 5) is 12.2. The lowest BCUT2D eigenvalue weighted by Gasteiger charge is -2.09. The third-order valence-electron chi connectivity index (χ3n) is 3.98. The number of nitrogens with one attached hydrogen (secondary N) is 1. The highest BCUT2D eigenvalue weighted by molar-refractivity contribution is 9.10. The molecule has 116 valence electrons. The number of hydrogen-bond donors (Lipinski definition) is 1. The molecule has 1 aliphatic carbocycles. The number of aryl methyl sites for hydroxylation is 2. The van der Waals surface area contributed by atoms with Gasteiger partial charge in [0.15, 0.2) is 5.69 Å². The van der Waals surface area contributed by atoms with Crippen molar-refractivity contribution in [1.82, 2.24) is 10.5 Å². The number of amides is 1. The number of hydrogen-bond acceptors (Lipinski definition) is 3. The number of rotatable bonds is 5. The molecule has 0 saturated heterocycles. The summed E-state index contributed by atoms with van der Waals surface area (Å²) in [5.41, 5.74) is 2.76. The fraction of sp³-hybridized carbons (Fsp3) is 0.412. The van der Waals surface area contributed by atoms with Crippen molar-refractivity contribution in [2.45, 2.75) is 38.5 Å². The highest BCUT2D eigenvalue weighted by atomic mass is 79.9. The summed E-state index contributed by atoms with van der Waals surface area (Å²) in [5.74, 6) is 0.784. The minimum absolute atomic E-state index is 0.110. The van der Waals surface area contributed by atoms with Gasteiger partial charge in [0.2, 0.25) is 0 Å². The molecule has 0 spiro atoms. The predicted molar refractivity (Wildman–Crippen MR) is 87.9 cm³/mol. The van der Waals surface area contributed by atoms with Crippen LogP contribution in [0.3, 0.4) is 0 Å². The number of benzene rings is 1. The molecule has 1 N–H and O–H groups in total. The second kappa shape index (κ2) is 7.09. The Morgan fingerprint density at radius 1 is 1.32 bits per heavy atom. The lowest BCUT2D eigenvalue weighted by atomic mass is 9.96. The molecule has 4 nitrogen and oxygen atoms in total. The van der Waals surface area contributed by atoms with Crippen LogP contribution in [0.2, 0.25) is 0 Å². The molecule has 2 aromatic rings. The van der Waals surface area contributed by atoms with Crippen molar-refractivity contribution >= 4 is 21.8 Å². The maximum absolute atomic E-state index is 12.2. The predicted octanol–water partition coefficient (Wildman–Crippen LogP) is 3.68. The Morgan fingerprint density at radius 2 is 2.18 bits per heavy atom. The quantitative estimate of drug-likeness (QED) is 0.825. The Kier molecular flexibility index (Phi) is 4.93. The molecule has 0 saturated carbocycles. The largest absolute Gasteiger partial charge is 0.360 e. The standard InChI is InChI=1S/C17H19BrN2O2/c18-13-7-3-5-12(11-13)6-4-10-19-17(21)16-14-8-1-2-9-15(14)22-20-16/h3,5,7,11H,1-2,4,6,8-10H2,(H,19,21). The molecule has 1 amide bonds. The van der Waals surface area contributed by atoms with Gasteiger partial charge in [0, 0.05) is 23.0 Å². The molecule has 1 aromatic carbocycles. The smallest absolute Gasteiger partial charge is 0.273 e. The van der Waals surface area contributed by atoms with Crippen LogP contribution in [0.25, 0.3) is 0 Å². The van der Waals surface area contributed by atoms with E-state index in [-0.39, 0.29) is 5.91 Å². The molecule has 1 heterocycles. The zero-order valence-electron chi connectivity index (χ0n) is 12.4. The number of fused-ring (bicyclic) bond motifs is 1. The van der Waals surface area contributed by atoms with E-state index in [9.17, 15) is 4.79 Å². The van der Waals surface area contributed by atoms with Gasteiger partial charge >= 0.3 is 0 Å². The zero-order valence-corrected chi connectivity index (χ0v) is 14.0. The molecule has 1 aliphatic rings. The Hall–Kier alpha value is -1.62. The highest BCUT2D eigenvalue weighted by Crippen LogP contribution is 2.24. The van der Waals surface area contributed by atoms with Crippen molar-refractivity contribution in [2.75, 3.05) is 6.54 Å². The lowest BCUT2D eigenvalue weighted by Crippen LogP contribution is -2.26. The van der Waals surface area contributed by atoms with Crippen molar-refractivity contribution in [1.29, 1.82) is 0 Å². The molecule has 0 bridgehead atoms. The number of aromatic nitrogens is 1. The van der Waals surface area contributed by atoms with Gasteiger partial charge < -0.3 is 9.84 Å². The summed E-state index contributed by atoms with van der Waals surface area (Å²) >= 11 is 3.47. The van der Waals surface area contributed by atoms with E-state index in [0.717, 1.165) is 54.3 Å². The molecule has 0 atom stereocenters. The van der Waals surface area contributed by atoms with Gasteiger partial charge in [0.05, 0.1) is 0 Å². The monoisotopic (exact) mass is 362 g/mol. The van der Waals surface area contributed by atoms with Crippen LogP contribution in [0.15, 0.2) is 33.3 Å². The van der Waals surface area contributed by atoms with Crippen LogP contribution in [-0.2, 0) is 19.3 Å². The summed E-state index contributed by atoms with van der Waals surface area (Å²) in [6.45, 7) is 0.646. The van der Waals surface area contributed by atoms with Gasteiger partial charge in [-0.15, -0.1) is 0 Å². The third kappa shape index (κ3) is 3.58. The summed E-state index contributed by atoms with van der Waals surface area (Å²) in [5, 5.41) is 6.90. The van der Waals surface area contributed by atoms with Crippen LogP contribution in [0.1, 0.15) is 46.6 Å². The molecular formula is C17H19BrN2O2. The molecule has 0 aliphatic heterocycles. The Morgan fingerprint density at radius 3 is 3.05 bits per heavy atom. The average Bonchev–Trinajstić information content (AvgIpc) is 2.95. The highest BCUT2D eigenvalue weighted by Gasteiger charge is 2.23. The molecule has 0 fully saturated rings. The van der Waals surface area contributed by atoms with E-state index in [1.54, 1.807) is 0 Å². The summed E-state index contributed by atoms with van der Waals surface area (Å²) < 4.78 is 6.37. The fourth-order valence-corrected chi connectivity index (χ4v) is 3.28. The fourth-order valence-electron chi connectivity index (χ4n) is 2.83. The van der Waals surface area contributed by atoms with E-state index in [4.69, 9.17) is 4.52 Å². The Labute approximate surface area is 138 Å². The first kappa shape index (κ1) is 15.3. The van der Waals surface area contributed by atoms with Gasteiger partial charge in [-0.25, -0.2) is 0 Å². The molecular weight excluding hydrogens is 344 g/mol. The number of carbonyl (C=O) groups is 1. The summed E-state index contributed by atoms with van der Waals surface area (Å²) in [6, 6.07) is 8.25. The third-order valence-corrected chi connectivity index (χ3v) is 4.48.